The first-order valence-electron chi connectivity index (χ1n) is 4.45. The van der Waals surface area contributed by atoms with Crippen molar-refractivity contribution in [3.05, 3.63) is 11.2 Å². The first-order valence-corrected chi connectivity index (χ1v) is 5.77. The number of esters is 1. The number of carbonyl (C=O) groups excluding carboxylic acids is 1. The fraction of sp³-hybridized carbons (Fsp3) is 0.667. The van der Waals surface area contributed by atoms with Crippen LogP contribution in [0.25, 0.3) is 0 Å². The van der Waals surface area contributed by atoms with Gasteiger partial charge in [0, 0.05) is 24.2 Å². The van der Waals surface area contributed by atoms with Crippen molar-refractivity contribution in [3.63, 3.8) is 0 Å². The Morgan fingerprint density at radius 2 is 2.29 bits per heavy atom. The molecule has 0 radical (unpaired) electrons. The number of hydrogen-bond acceptors (Lipinski definition) is 3. The summed E-state index contributed by atoms with van der Waals surface area (Å²) in [7, 11) is 0. The van der Waals surface area contributed by atoms with Gasteiger partial charge in [-0.25, -0.2) is 0 Å². The third-order valence-electron chi connectivity index (χ3n) is 1.43. The van der Waals surface area contributed by atoms with Crippen molar-refractivity contribution in [2.24, 2.45) is 0 Å². The summed E-state index contributed by atoms with van der Waals surface area (Å²) in [6.07, 6.45) is 2.64. The van der Waals surface area contributed by atoms with Crippen LogP contribution in [-0.2, 0) is 20.7 Å². The molecular formula is C9H15FO3S. The summed E-state index contributed by atoms with van der Waals surface area (Å²) in [5, 5.41) is -0.709. The number of hydrogen-bond donors (Lipinski definition) is 0. The molecule has 0 saturated carbocycles. The SMILES string of the molecule is CCCC[S+]([O-])C(F)=CCOC(C)=O. The first-order chi connectivity index (χ1) is 6.57. The van der Waals surface area contributed by atoms with Crippen LogP contribution in [0.2, 0.25) is 0 Å². The van der Waals surface area contributed by atoms with Gasteiger partial charge >= 0.3 is 5.97 Å². The fourth-order valence-electron chi connectivity index (χ4n) is 0.690. The Bertz CT molecular complexity index is 206. The van der Waals surface area contributed by atoms with Gasteiger partial charge in [-0.3, -0.25) is 4.79 Å². The van der Waals surface area contributed by atoms with E-state index in [9.17, 15) is 13.7 Å². The van der Waals surface area contributed by atoms with Gasteiger partial charge in [-0.2, -0.15) is 4.39 Å². The van der Waals surface area contributed by atoms with Crippen LogP contribution in [0.1, 0.15) is 26.7 Å². The van der Waals surface area contributed by atoms with Crippen molar-refractivity contribution in [3.8, 4) is 0 Å². The standard InChI is InChI=1S/C9H15FO3S/c1-3-4-7-14(12)9(10)5-6-13-8(2)11/h5H,3-4,6-7H2,1-2H3. The van der Waals surface area contributed by atoms with Crippen LogP contribution in [0.3, 0.4) is 0 Å². The molecule has 0 aromatic carbocycles. The molecule has 0 aromatic rings. The Labute approximate surface area is 86.5 Å². The average Bonchev–Trinajstić information content (AvgIpc) is 2.13. The van der Waals surface area contributed by atoms with E-state index in [1.54, 1.807) is 0 Å². The van der Waals surface area contributed by atoms with Crippen LogP contribution >= 0.6 is 0 Å². The second-order valence-electron chi connectivity index (χ2n) is 2.71. The van der Waals surface area contributed by atoms with Crippen molar-refractivity contribution in [2.75, 3.05) is 12.4 Å². The van der Waals surface area contributed by atoms with E-state index in [0.29, 0.717) is 5.75 Å². The number of ether oxygens (including phenoxy) is 1. The van der Waals surface area contributed by atoms with Crippen molar-refractivity contribution in [2.45, 2.75) is 26.7 Å². The number of unbranched alkanes of at least 4 members (excludes halogenated alkanes) is 1. The van der Waals surface area contributed by atoms with Crippen molar-refractivity contribution >= 4 is 17.1 Å². The molecule has 0 amide bonds. The molecule has 0 N–H and O–H groups in total. The van der Waals surface area contributed by atoms with Gasteiger partial charge in [0.05, 0.1) is 0 Å². The van der Waals surface area contributed by atoms with Crippen LogP contribution < -0.4 is 0 Å². The van der Waals surface area contributed by atoms with Gasteiger partial charge in [-0.05, 0) is 6.42 Å². The second kappa shape index (κ2) is 7.82. The molecule has 82 valence electrons. The number of rotatable bonds is 6. The number of carbonyl (C=O) groups is 1. The van der Waals surface area contributed by atoms with Crippen molar-refractivity contribution < 1.29 is 18.5 Å². The number of halogens is 1. The molecule has 0 spiro atoms. The summed E-state index contributed by atoms with van der Waals surface area (Å²) >= 11 is -1.58. The van der Waals surface area contributed by atoms with Gasteiger partial charge in [0.2, 0.25) is 0 Å². The van der Waals surface area contributed by atoms with Gasteiger partial charge in [-0.15, -0.1) is 0 Å². The van der Waals surface area contributed by atoms with Gasteiger partial charge in [-0.1, -0.05) is 13.3 Å². The smallest absolute Gasteiger partial charge is 0.302 e. The van der Waals surface area contributed by atoms with Crippen molar-refractivity contribution in [1.29, 1.82) is 0 Å². The first kappa shape index (κ1) is 13.4. The average molecular weight is 222 g/mol. The lowest BCUT2D eigenvalue weighted by Crippen LogP contribution is -2.07. The predicted molar refractivity (Wildman–Crippen MR) is 53.7 cm³/mol. The highest BCUT2D eigenvalue weighted by Crippen LogP contribution is 2.10. The largest absolute Gasteiger partial charge is 0.610 e. The summed E-state index contributed by atoms with van der Waals surface area (Å²) in [6, 6.07) is 0. The van der Waals surface area contributed by atoms with E-state index in [1.807, 2.05) is 6.92 Å². The summed E-state index contributed by atoms with van der Waals surface area (Å²) in [6.45, 7) is 3.02. The minimum absolute atomic E-state index is 0.154. The maximum atomic E-state index is 12.9. The molecule has 0 aliphatic rings. The Hall–Kier alpha value is -0.550. The van der Waals surface area contributed by atoms with Crippen molar-refractivity contribution in [1.82, 2.24) is 0 Å². The molecule has 0 rings (SSSR count). The quantitative estimate of drug-likeness (QED) is 0.509. The van der Waals surface area contributed by atoms with Crippen LogP contribution in [0.15, 0.2) is 11.2 Å². The molecule has 0 aliphatic carbocycles. The normalized spacial score (nSPS) is 13.9. The second-order valence-corrected chi connectivity index (χ2v) is 4.20. The monoisotopic (exact) mass is 222 g/mol. The van der Waals surface area contributed by atoms with Gasteiger partial charge in [0.25, 0.3) is 5.16 Å². The minimum atomic E-state index is -1.58. The molecule has 5 heteroatoms. The minimum Gasteiger partial charge on any atom is -0.610 e. The zero-order valence-corrected chi connectivity index (χ0v) is 9.23. The van der Waals surface area contributed by atoms with Crippen LogP contribution in [-0.4, -0.2) is 22.9 Å². The molecule has 3 nitrogen and oxygen atoms in total. The highest BCUT2D eigenvalue weighted by atomic mass is 32.2. The maximum absolute atomic E-state index is 12.9. The van der Waals surface area contributed by atoms with E-state index in [2.05, 4.69) is 4.74 Å². The zero-order chi connectivity index (χ0) is 11.0. The molecule has 0 heterocycles. The molecule has 0 aliphatic heterocycles. The lowest BCUT2D eigenvalue weighted by Gasteiger charge is -2.06. The van der Waals surface area contributed by atoms with Gasteiger partial charge in [0.15, 0.2) is 0 Å². The Morgan fingerprint density at radius 1 is 1.64 bits per heavy atom. The van der Waals surface area contributed by atoms with E-state index >= 15 is 0 Å². The highest BCUT2D eigenvalue weighted by molar-refractivity contribution is 7.95. The third kappa shape index (κ3) is 6.91. The molecule has 1 atom stereocenters. The van der Waals surface area contributed by atoms with Gasteiger partial charge < -0.3 is 9.29 Å². The zero-order valence-electron chi connectivity index (χ0n) is 8.42. The topological polar surface area (TPSA) is 49.4 Å². The highest BCUT2D eigenvalue weighted by Gasteiger charge is 2.12. The lowest BCUT2D eigenvalue weighted by atomic mass is 10.4. The van der Waals surface area contributed by atoms with E-state index in [4.69, 9.17) is 0 Å². The fourth-order valence-corrected chi connectivity index (χ4v) is 1.69. The maximum Gasteiger partial charge on any atom is 0.302 e. The lowest BCUT2D eigenvalue weighted by molar-refractivity contribution is -0.139. The van der Waals surface area contributed by atoms with E-state index in [1.165, 1.54) is 6.92 Å². The van der Waals surface area contributed by atoms with Crippen LogP contribution in [0.5, 0.6) is 0 Å². The van der Waals surface area contributed by atoms with Crippen LogP contribution in [0, 0.1) is 0 Å². The van der Waals surface area contributed by atoms with E-state index < -0.39 is 22.3 Å². The summed E-state index contributed by atoms with van der Waals surface area (Å²) in [5.41, 5.74) is 0. The molecule has 0 fully saturated rings. The summed E-state index contributed by atoms with van der Waals surface area (Å²) in [4.78, 5) is 10.3. The third-order valence-corrected chi connectivity index (χ3v) is 2.69. The molecule has 1 unspecified atom stereocenters. The summed E-state index contributed by atoms with van der Waals surface area (Å²) < 4.78 is 28.5. The Balaban J connectivity index is 3.78. The van der Waals surface area contributed by atoms with E-state index in [-0.39, 0.29) is 6.61 Å². The molecule has 0 aromatic heterocycles. The molecule has 14 heavy (non-hydrogen) atoms. The summed E-state index contributed by atoms with van der Waals surface area (Å²) in [5.74, 6) is -0.160. The van der Waals surface area contributed by atoms with Crippen LogP contribution in [0.4, 0.5) is 4.39 Å². The molecular weight excluding hydrogens is 207 g/mol. The Kier molecular flexibility index (Phi) is 7.51. The van der Waals surface area contributed by atoms with E-state index in [0.717, 1.165) is 18.9 Å². The van der Waals surface area contributed by atoms with Gasteiger partial charge in [0.1, 0.15) is 12.4 Å². The predicted octanol–water partition coefficient (Wildman–Crippen LogP) is 1.91. The molecule has 0 saturated heterocycles. The molecule has 0 bridgehead atoms. The Morgan fingerprint density at radius 3 is 2.79 bits per heavy atom.